The monoisotopic (exact) mass is 365 g/mol. The number of carbonyl (C=O) groups excluding carboxylic acids is 2. The Hall–Kier alpha value is -1.87. The van der Waals surface area contributed by atoms with E-state index in [9.17, 15) is 14.9 Å². The predicted molar refractivity (Wildman–Crippen MR) is 82.3 cm³/mol. The Labute approximate surface area is 137 Å². The molecule has 0 N–H and O–H groups in total. The van der Waals surface area contributed by atoms with Crippen LogP contribution in [0.25, 0.3) is 0 Å². The molecule has 0 spiro atoms. The zero-order chi connectivity index (χ0) is 16.3. The van der Waals surface area contributed by atoms with Crippen LogP contribution in [0.1, 0.15) is 24.8 Å². The number of halogens is 1. The van der Waals surface area contributed by atoms with Crippen molar-refractivity contribution in [2.45, 2.75) is 24.7 Å². The van der Waals surface area contributed by atoms with Gasteiger partial charge in [0.05, 0.1) is 25.7 Å². The summed E-state index contributed by atoms with van der Waals surface area (Å²) >= 11 is 3.39. The van der Waals surface area contributed by atoms with Gasteiger partial charge in [-0.3, -0.25) is 9.59 Å². The van der Waals surface area contributed by atoms with E-state index >= 15 is 0 Å². The summed E-state index contributed by atoms with van der Waals surface area (Å²) in [5.41, 5.74) is -0.254. The maximum atomic E-state index is 12.0. The maximum Gasteiger partial charge on any atom is 0.316 e. The van der Waals surface area contributed by atoms with Crippen molar-refractivity contribution in [2.75, 3.05) is 14.2 Å². The van der Waals surface area contributed by atoms with Gasteiger partial charge >= 0.3 is 5.97 Å². The van der Waals surface area contributed by atoms with Crippen LogP contribution in [0.5, 0.6) is 5.75 Å². The molecule has 2 atom stereocenters. The van der Waals surface area contributed by atoms with Crippen LogP contribution in [-0.4, -0.2) is 26.0 Å². The minimum atomic E-state index is -0.943. The van der Waals surface area contributed by atoms with Crippen molar-refractivity contribution in [2.24, 2.45) is 5.92 Å². The molecular formula is C16H16BrNO4. The number of methoxy groups -OCH3 is 2. The molecule has 1 aliphatic rings. The Bertz CT molecular complexity index is 644. The summed E-state index contributed by atoms with van der Waals surface area (Å²) in [4.78, 5) is 23.8. The highest BCUT2D eigenvalue weighted by Crippen LogP contribution is 2.45. The number of ether oxygens (including phenoxy) is 2. The number of carbonyl (C=O) groups is 2. The first kappa shape index (κ1) is 16.5. The van der Waals surface area contributed by atoms with Gasteiger partial charge in [-0.05, 0) is 31.0 Å². The van der Waals surface area contributed by atoms with Crippen LogP contribution < -0.4 is 4.74 Å². The molecule has 0 aromatic heterocycles. The van der Waals surface area contributed by atoms with Crippen LogP contribution >= 0.6 is 15.9 Å². The van der Waals surface area contributed by atoms with E-state index in [4.69, 9.17) is 9.47 Å². The van der Waals surface area contributed by atoms with Crippen LogP contribution in [0.15, 0.2) is 22.7 Å². The third-order valence-electron chi connectivity index (χ3n) is 4.12. The highest BCUT2D eigenvalue weighted by molar-refractivity contribution is 9.10. The van der Waals surface area contributed by atoms with Crippen LogP contribution in [0.3, 0.4) is 0 Å². The van der Waals surface area contributed by atoms with Crippen molar-refractivity contribution in [3.05, 3.63) is 28.2 Å². The minimum Gasteiger partial charge on any atom is -0.496 e. The molecule has 6 heteroatoms. The average molecular weight is 366 g/mol. The first-order valence-corrected chi connectivity index (χ1v) is 7.62. The van der Waals surface area contributed by atoms with Gasteiger partial charge in [-0.2, -0.15) is 5.26 Å². The van der Waals surface area contributed by atoms with Crippen LogP contribution in [0, 0.1) is 17.2 Å². The standard InChI is InChI=1S/C16H16BrNO4/c1-21-14-4-3-10(17)7-12(14)16(9-18)6-5-13(19)11(8-16)15(20)22-2/h3-4,7,11H,5-6,8H2,1-2H3. The van der Waals surface area contributed by atoms with Gasteiger partial charge in [0, 0.05) is 16.5 Å². The molecule has 5 nitrogen and oxygen atoms in total. The molecule has 116 valence electrons. The summed E-state index contributed by atoms with van der Waals surface area (Å²) in [7, 11) is 2.78. The number of hydrogen-bond donors (Lipinski definition) is 0. The number of nitrogens with zero attached hydrogens (tertiary/aromatic N) is 1. The molecule has 0 aliphatic heterocycles. The topological polar surface area (TPSA) is 76.4 Å². The SMILES string of the molecule is COC(=O)C1CC(C#N)(c2cc(Br)ccc2OC)CCC1=O. The first-order valence-electron chi connectivity index (χ1n) is 6.83. The highest BCUT2D eigenvalue weighted by Gasteiger charge is 2.46. The first-order chi connectivity index (χ1) is 10.5. The van der Waals surface area contributed by atoms with Gasteiger partial charge in [-0.25, -0.2) is 0 Å². The molecule has 1 aromatic carbocycles. The minimum absolute atomic E-state index is 0.113. The fourth-order valence-corrected chi connectivity index (χ4v) is 3.25. The summed E-state index contributed by atoms with van der Waals surface area (Å²) in [5, 5.41) is 9.78. The van der Waals surface area contributed by atoms with Crippen molar-refractivity contribution in [3.63, 3.8) is 0 Å². The van der Waals surface area contributed by atoms with Gasteiger partial charge in [-0.15, -0.1) is 0 Å². The van der Waals surface area contributed by atoms with Gasteiger partial charge in [-0.1, -0.05) is 15.9 Å². The Balaban J connectivity index is 2.50. The van der Waals surface area contributed by atoms with Crippen molar-refractivity contribution in [1.29, 1.82) is 5.26 Å². The lowest BCUT2D eigenvalue weighted by Crippen LogP contribution is -2.40. The summed E-state index contributed by atoms with van der Waals surface area (Å²) in [6, 6.07) is 7.70. The zero-order valence-electron chi connectivity index (χ0n) is 12.4. The number of hydrogen-bond acceptors (Lipinski definition) is 5. The van der Waals surface area contributed by atoms with E-state index in [1.165, 1.54) is 14.2 Å². The van der Waals surface area contributed by atoms with Crippen LogP contribution in [0.4, 0.5) is 0 Å². The summed E-state index contributed by atoms with van der Waals surface area (Å²) < 4.78 is 10.9. The molecule has 1 fully saturated rings. The summed E-state index contributed by atoms with van der Waals surface area (Å²) in [6.07, 6.45) is 0.646. The van der Waals surface area contributed by atoms with E-state index in [-0.39, 0.29) is 18.6 Å². The fourth-order valence-electron chi connectivity index (χ4n) is 2.89. The van der Waals surface area contributed by atoms with Gasteiger partial charge in [0.15, 0.2) is 0 Å². The van der Waals surface area contributed by atoms with Crippen molar-refractivity contribution >= 4 is 27.7 Å². The molecule has 0 bridgehead atoms. The zero-order valence-corrected chi connectivity index (χ0v) is 14.0. The van der Waals surface area contributed by atoms with Crippen LogP contribution in [-0.2, 0) is 19.7 Å². The van der Waals surface area contributed by atoms with Gasteiger partial charge < -0.3 is 9.47 Å². The maximum absolute atomic E-state index is 12.0. The predicted octanol–water partition coefficient (Wildman–Crippen LogP) is 2.76. The Morgan fingerprint density at radius 1 is 1.45 bits per heavy atom. The second-order valence-corrected chi connectivity index (χ2v) is 6.20. The Morgan fingerprint density at radius 3 is 2.77 bits per heavy atom. The van der Waals surface area contributed by atoms with E-state index in [0.717, 1.165) is 4.47 Å². The fraction of sp³-hybridized carbons (Fsp3) is 0.438. The van der Waals surface area contributed by atoms with Crippen LogP contribution in [0.2, 0.25) is 0 Å². The third kappa shape index (κ3) is 2.86. The normalized spacial score (nSPS) is 24.5. The molecule has 0 amide bonds. The van der Waals surface area contributed by atoms with E-state index in [0.29, 0.717) is 17.7 Å². The molecule has 1 aromatic rings. The smallest absolute Gasteiger partial charge is 0.316 e. The van der Waals surface area contributed by atoms with Gasteiger partial charge in [0.25, 0.3) is 0 Å². The summed E-state index contributed by atoms with van der Waals surface area (Å²) in [6.45, 7) is 0. The Morgan fingerprint density at radius 2 is 2.18 bits per heavy atom. The van der Waals surface area contributed by atoms with E-state index in [1.54, 1.807) is 6.07 Å². The molecule has 2 rings (SSSR count). The lowest BCUT2D eigenvalue weighted by atomic mass is 9.66. The number of esters is 1. The molecular weight excluding hydrogens is 350 g/mol. The van der Waals surface area contributed by atoms with Crippen molar-refractivity contribution in [3.8, 4) is 11.8 Å². The number of ketones is 1. The van der Waals surface area contributed by atoms with Crippen molar-refractivity contribution in [1.82, 2.24) is 0 Å². The number of rotatable bonds is 3. The number of nitriles is 1. The quantitative estimate of drug-likeness (QED) is 0.607. The lowest BCUT2D eigenvalue weighted by molar-refractivity contribution is -0.151. The van der Waals surface area contributed by atoms with E-state index in [1.807, 2.05) is 12.1 Å². The van der Waals surface area contributed by atoms with Crippen molar-refractivity contribution < 1.29 is 19.1 Å². The van der Waals surface area contributed by atoms with Gasteiger partial charge in [0.1, 0.15) is 17.5 Å². The molecule has 1 saturated carbocycles. The number of Topliss-reactive ketones (excluding diaryl/α,β-unsaturated/α-hetero) is 1. The second kappa shape index (κ2) is 6.49. The number of benzene rings is 1. The molecule has 22 heavy (non-hydrogen) atoms. The molecule has 0 radical (unpaired) electrons. The molecule has 0 heterocycles. The average Bonchev–Trinajstić information content (AvgIpc) is 2.55. The summed E-state index contributed by atoms with van der Waals surface area (Å²) in [5.74, 6) is -1.09. The lowest BCUT2D eigenvalue weighted by Gasteiger charge is -2.35. The second-order valence-electron chi connectivity index (χ2n) is 5.28. The molecule has 2 unspecified atom stereocenters. The van der Waals surface area contributed by atoms with E-state index in [2.05, 4.69) is 22.0 Å². The highest BCUT2D eigenvalue weighted by atomic mass is 79.9. The van der Waals surface area contributed by atoms with Gasteiger partial charge in [0.2, 0.25) is 0 Å². The molecule has 1 aliphatic carbocycles. The largest absolute Gasteiger partial charge is 0.496 e. The molecule has 0 saturated heterocycles. The third-order valence-corrected chi connectivity index (χ3v) is 4.61. The van der Waals surface area contributed by atoms with E-state index < -0.39 is 17.3 Å². The Kier molecular flexibility index (Phi) is 4.87.